The third kappa shape index (κ3) is 2.16. The van der Waals surface area contributed by atoms with Crippen LogP contribution in [0.4, 0.5) is 0 Å². The van der Waals surface area contributed by atoms with E-state index in [4.69, 9.17) is 5.11 Å². The van der Waals surface area contributed by atoms with Gasteiger partial charge in [0.15, 0.2) is 0 Å². The summed E-state index contributed by atoms with van der Waals surface area (Å²) in [5.41, 5.74) is 0. The van der Waals surface area contributed by atoms with E-state index in [-0.39, 0.29) is 12.1 Å². The molecule has 1 N–H and O–H groups in total. The Morgan fingerprint density at radius 1 is 1.78 bits per heavy atom. The third-order valence-corrected chi connectivity index (χ3v) is 2.49. The van der Waals surface area contributed by atoms with Crippen LogP contribution in [-0.4, -0.2) is 35.3 Å². The van der Waals surface area contributed by atoms with Gasteiger partial charge in [-0.2, -0.15) is 11.8 Å². The normalized spacial score (nSPS) is 32.0. The van der Waals surface area contributed by atoms with Gasteiger partial charge in [-0.3, -0.25) is 0 Å². The first-order valence-electron chi connectivity index (χ1n) is 3.23. The lowest BCUT2D eigenvalue weighted by atomic mass is 10.2. The van der Waals surface area contributed by atoms with Crippen molar-refractivity contribution in [3.8, 4) is 0 Å². The number of aliphatic hydroxyl groups is 1. The first kappa shape index (κ1) is 7.38. The number of nitrogens with zero attached hydrogens (tertiary/aromatic N) is 1. The van der Waals surface area contributed by atoms with Gasteiger partial charge in [-0.15, -0.1) is 0 Å². The van der Waals surface area contributed by atoms with Crippen LogP contribution in [0.1, 0.15) is 6.92 Å². The smallest absolute Gasteiger partial charge is 0.0689 e. The molecule has 0 aromatic heterocycles. The summed E-state index contributed by atoms with van der Waals surface area (Å²) in [6.07, 6.45) is -0.252. The van der Waals surface area contributed by atoms with Gasteiger partial charge in [0.1, 0.15) is 0 Å². The maximum atomic E-state index is 9.07. The molecule has 1 aliphatic rings. The predicted octanol–water partition coefficient (Wildman–Crippen LogP) is 0.0870. The Morgan fingerprint density at radius 3 is 2.89 bits per heavy atom. The monoisotopic (exact) mass is 146 g/mol. The van der Waals surface area contributed by atoms with Crippen molar-refractivity contribution in [1.82, 2.24) is 5.32 Å². The maximum absolute atomic E-state index is 9.07. The van der Waals surface area contributed by atoms with E-state index in [1.165, 1.54) is 0 Å². The van der Waals surface area contributed by atoms with Crippen LogP contribution in [0.2, 0.25) is 0 Å². The van der Waals surface area contributed by atoms with Gasteiger partial charge in [-0.1, -0.05) is 0 Å². The van der Waals surface area contributed by atoms with E-state index in [0.29, 0.717) is 0 Å². The fraction of sp³-hybridized carbons (Fsp3) is 1.00. The highest BCUT2D eigenvalue weighted by atomic mass is 32.2. The Hall–Kier alpha value is 0.270. The topological polar surface area (TPSA) is 34.3 Å². The highest BCUT2D eigenvalue weighted by Gasteiger charge is 2.18. The van der Waals surface area contributed by atoms with Crippen LogP contribution in [0.5, 0.6) is 0 Å². The lowest BCUT2D eigenvalue weighted by molar-refractivity contribution is 0.153. The first-order chi connectivity index (χ1) is 4.30. The standard InChI is InChI=1S/C6H12NOS/c1-5(8)6-4-9-3-2-7-6/h5-6,8H,2-4H2,1H3. The summed E-state index contributed by atoms with van der Waals surface area (Å²) in [6.45, 7) is 2.72. The van der Waals surface area contributed by atoms with Gasteiger partial charge in [0.25, 0.3) is 0 Å². The van der Waals surface area contributed by atoms with E-state index in [1.807, 2.05) is 11.8 Å². The number of rotatable bonds is 1. The van der Waals surface area contributed by atoms with Gasteiger partial charge in [0, 0.05) is 18.1 Å². The van der Waals surface area contributed by atoms with E-state index in [2.05, 4.69) is 5.32 Å². The van der Waals surface area contributed by atoms with Gasteiger partial charge in [0.2, 0.25) is 0 Å². The fourth-order valence-electron chi connectivity index (χ4n) is 0.832. The molecular formula is C6H12NOS. The van der Waals surface area contributed by atoms with Crippen molar-refractivity contribution >= 4 is 11.8 Å². The highest BCUT2D eigenvalue weighted by molar-refractivity contribution is 7.99. The quantitative estimate of drug-likeness (QED) is 0.569. The Labute approximate surface area is 60.0 Å². The van der Waals surface area contributed by atoms with Crippen molar-refractivity contribution in [2.45, 2.75) is 19.1 Å². The van der Waals surface area contributed by atoms with Crippen LogP contribution >= 0.6 is 11.8 Å². The van der Waals surface area contributed by atoms with Crippen molar-refractivity contribution in [1.29, 1.82) is 0 Å². The second kappa shape index (κ2) is 3.44. The molecule has 1 heterocycles. The molecule has 0 bridgehead atoms. The van der Waals surface area contributed by atoms with Gasteiger partial charge in [-0.25, -0.2) is 5.32 Å². The van der Waals surface area contributed by atoms with Crippen molar-refractivity contribution in [2.75, 3.05) is 18.1 Å². The Morgan fingerprint density at radius 2 is 2.56 bits per heavy atom. The second-order valence-electron chi connectivity index (χ2n) is 2.29. The highest BCUT2D eigenvalue weighted by Crippen LogP contribution is 2.11. The molecule has 53 valence electrons. The van der Waals surface area contributed by atoms with Crippen LogP contribution in [0.15, 0.2) is 0 Å². The molecule has 2 unspecified atom stereocenters. The molecule has 2 nitrogen and oxygen atoms in total. The molecule has 1 aliphatic heterocycles. The molecule has 0 aliphatic carbocycles. The molecular weight excluding hydrogens is 134 g/mol. The zero-order valence-corrected chi connectivity index (χ0v) is 6.40. The van der Waals surface area contributed by atoms with Gasteiger partial charge in [0.05, 0.1) is 12.1 Å². The minimum atomic E-state index is -0.252. The zero-order valence-electron chi connectivity index (χ0n) is 5.58. The SMILES string of the molecule is CC(O)C1CSCC[N]1. The zero-order chi connectivity index (χ0) is 6.69. The number of hydrogen-bond donors (Lipinski definition) is 1. The Bertz CT molecular complexity index is 81.1. The molecule has 2 atom stereocenters. The summed E-state index contributed by atoms with van der Waals surface area (Å²) in [4.78, 5) is 0. The summed E-state index contributed by atoms with van der Waals surface area (Å²) in [7, 11) is 0. The number of aliphatic hydroxyl groups excluding tert-OH is 1. The molecule has 9 heavy (non-hydrogen) atoms. The van der Waals surface area contributed by atoms with Crippen LogP contribution in [0, 0.1) is 0 Å². The van der Waals surface area contributed by atoms with E-state index >= 15 is 0 Å². The minimum Gasteiger partial charge on any atom is -0.392 e. The molecule has 3 heteroatoms. The molecule has 0 saturated carbocycles. The maximum Gasteiger partial charge on any atom is 0.0689 e. The molecule has 1 saturated heterocycles. The van der Waals surface area contributed by atoms with Crippen LogP contribution in [-0.2, 0) is 0 Å². The summed E-state index contributed by atoms with van der Waals surface area (Å²) in [5, 5.41) is 13.3. The van der Waals surface area contributed by atoms with Crippen LogP contribution < -0.4 is 5.32 Å². The molecule has 1 fully saturated rings. The summed E-state index contributed by atoms with van der Waals surface area (Å²) in [6, 6.07) is 0.198. The second-order valence-corrected chi connectivity index (χ2v) is 3.44. The summed E-state index contributed by atoms with van der Waals surface area (Å²) >= 11 is 1.88. The lowest BCUT2D eigenvalue weighted by Crippen LogP contribution is -2.39. The van der Waals surface area contributed by atoms with Crippen LogP contribution in [0.25, 0.3) is 0 Å². The molecule has 0 spiro atoms. The average Bonchev–Trinajstić information content (AvgIpc) is 1.90. The van der Waals surface area contributed by atoms with E-state index in [1.54, 1.807) is 6.92 Å². The van der Waals surface area contributed by atoms with Crippen LogP contribution in [0.3, 0.4) is 0 Å². The van der Waals surface area contributed by atoms with Gasteiger partial charge < -0.3 is 5.11 Å². The Kier molecular flexibility index (Phi) is 2.82. The fourth-order valence-corrected chi connectivity index (χ4v) is 1.86. The van der Waals surface area contributed by atoms with Gasteiger partial charge in [-0.05, 0) is 6.92 Å². The molecule has 0 aromatic carbocycles. The molecule has 0 amide bonds. The van der Waals surface area contributed by atoms with Crippen molar-refractivity contribution in [3.63, 3.8) is 0 Å². The van der Waals surface area contributed by atoms with E-state index in [9.17, 15) is 0 Å². The average molecular weight is 146 g/mol. The first-order valence-corrected chi connectivity index (χ1v) is 4.38. The minimum absolute atomic E-state index is 0.198. The van der Waals surface area contributed by atoms with Crippen molar-refractivity contribution < 1.29 is 5.11 Å². The van der Waals surface area contributed by atoms with E-state index in [0.717, 1.165) is 18.1 Å². The van der Waals surface area contributed by atoms with E-state index < -0.39 is 0 Å². The molecule has 0 aromatic rings. The molecule has 1 radical (unpaired) electrons. The third-order valence-electron chi connectivity index (χ3n) is 1.44. The summed E-state index contributed by atoms with van der Waals surface area (Å²) < 4.78 is 0. The molecule has 1 rings (SSSR count). The van der Waals surface area contributed by atoms with Gasteiger partial charge >= 0.3 is 0 Å². The number of hydrogen-bond acceptors (Lipinski definition) is 2. The predicted molar refractivity (Wildman–Crippen MR) is 39.8 cm³/mol. The summed E-state index contributed by atoms with van der Waals surface area (Å²) in [5.74, 6) is 2.13. The largest absolute Gasteiger partial charge is 0.392 e. The number of thioether (sulfide) groups is 1. The lowest BCUT2D eigenvalue weighted by Gasteiger charge is -2.23. The Balaban J connectivity index is 2.23. The van der Waals surface area contributed by atoms with Crippen molar-refractivity contribution in [3.05, 3.63) is 0 Å². The van der Waals surface area contributed by atoms with Crippen molar-refractivity contribution in [2.24, 2.45) is 0 Å².